The average molecular weight is 347 g/mol. The Labute approximate surface area is 149 Å². The summed E-state index contributed by atoms with van der Waals surface area (Å²) in [6.07, 6.45) is 3.45. The van der Waals surface area contributed by atoms with Crippen molar-refractivity contribution in [2.45, 2.75) is 51.6 Å². The number of nitrogens with zero attached hydrogens (tertiary/aromatic N) is 5. The van der Waals surface area contributed by atoms with Crippen LogP contribution in [0.4, 0.5) is 0 Å². The topological polar surface area (TPSA) is 65.7 Å². The Kier molecular flexibility index (Phi) is 4.78. The normalized spacial score (nSPS) is 29.1. The van der Waals surface area contributed by atoms with Gasteiger partial charge in [0.05, 0.1) is 6.54 Å². The maximum absolute atomic E-state index is 11.6. The molecular weight excluding hydrogens is 318 g/mol. The van der Waals surface area contributed by atoms with Crippen LogP contribution in [0, 0.1) is 5.92 Å². The zero-order valence-corrected chi connectivity index (χ0v) is 15.4. The van der Waals surface area contributed by atoms with Crippen molar-refractivity contribution in [1.82, 2.24) is 24.9 Å². The molecule has 1 aromatic heterocycles. The zero-order chi connectivity index (χ0) is 17.4. The van der Waals surface area contributed by atoms with Gasteiger partial charge in [-0.05, 0) is 25.2 Å². The molecule has 2 atom stereocenters. The van der Waals surface area contributed by atoms with E-state index in [1.165, 1.54) is 12.8 Å². The lowest BCUT2D eigenvalue weighted by Gasteiger charge is -2.30. The molecule has 7 nitrogen and oxygen atoms in total. The van der Waals surface area contributed by atoms with Gasteiger partial charge >= 0.3 is 0 Å². The predicted molar refractivity (Wildman–Crippen MR) is 92.9 cm³/mol. The largest absolute Gasteiger partial charge is 0.424 e. The Balaban J connectivity index is 1.33. The highest BCUT2D eigenvalue weighted by molar-refractivity contribution is 5.73. The smallest absolute Gasteiger partial charge is 0.230 e. The van der Waals surface area contributed by atoms with Crippen molar-refractivity contribution >= 4 is 5.91 Å². The molecular formula is C18H29N5O2. The summed E-state index contributed by atoms with van der Waals surface area (Å²) in [5.41, 5.74) is 0. The summed E-state index contributed by atoms with van der Waals surface area (Å²) in [6, 6.07) is 0.553. The fourth-order valence-electron chi connectivity index (χ4n) is 4.25. The van der Waals surface area contributed by atoms with E-state index < -0.39 is 0 Å². The van der Waals surface area contributed by atoms with E-state index in [1.54, 1.807) is 6.92 Å². The van der Waals surface area contributed by atoms with Gasteiger partial charge in [0.2, 0.25) is 17.7 Å². The molecule has 0 aromatic carbocycles. The van der Waals surface area contributed by atoms with E-state index in [0.717, 1.165) is 64.0 Å². The van der Waals surface area contributed by atoms with Gasteiger partial charge in [0.25, 0.3) is 0 Å². The Morgan fingerprint density at radius 1 is 1.16 bits per heavy atom. The number of amides is 1. The highest BCUT2D eigenvalue weighted by Crippen LogP contribution is 2.39. The molecule has 25 heavy (non-hydrogen) atoms. The molecule has 2 aliphatic heterocycles. The summed E-state index contributed by atoms with van der Waals surface area (Å²) in [4.78, 5) is 18.6. The summed E-state index contributed by atoms with van der Waals surface area (Å²) in [5, 5.41) is 8.43. The van der Waals surface area contributed by atoms with Crippen molar-refractivity contribution in [3.8, 4) is 0 Å². The number of aromatic nitrogens is 2. The number of likely N-dealkylation sites (tertiary alicyclic amines) is 1. The molecule has 0 bridgehead atoms. The molecule has 1 aliphatic carbocycles. The number of rotatable bonds is 4. The third kappa shape index (κ3) is 3.87. The first-order valence-electron chi connectivity index (χ1n) is 9.64. The summed E-state index contributed by atoms with van der Waals surface area (Å²) in [5.74, 6) is 2.93. The maximum Gasteiger partial charge on any atom is 0.230 e. The number of hydrogen-bond donors (Lipinski definition) is 0. The molecule has 0 spiro atoms. The molecule has 3 heterocycles. The monoisotopic (exact) mass is 347 g/mol. The number of carbonyl (C=O) groups is 1. The zero-order valence-electron chi connectivity index (χ0n) is 15.4. The Hall–Kier alpha value is -1.47. The van der Waals surface area contributed by atoms with Gasteiger partial charge in [-0.15, -0.1) is 10.2 Å². The minimum absolute atomic E-state index is 0.200. The Morgan fingerprint density at radius 3 is 2.76 bits per heavy atom. The van der Waals surface area contributed by atoms with Crippen LogP contribution >= 0.6 is 0 Å². The Bertz CT molecular complexity index is 614. The van der Waals surface area contributed by atoms with Crippen LogP contribution < -0.4 is 0 Å². The van der Waals surface area contributed by atoms with Crippen molar-refractivity contribution in [3.63, 3.8) is 0 Å². The fourth-order valence-corrected chi connectivity index (χ4v) is 4.25. The van der Waals surface area contributed by atoms with Gasteiger partial charge in [0, 0.05) is 58.2 Å². The summed E-state index contributed by atoms with van der Waals surface area (Å²) >= 11 is 0. The standard InChI is InChI=1S/C18H29N5O2/c1-13-10-21(12-17-19-20-18(25-17)15-4-5-15)11-16(13)23-7-3-6-22(8-9-23)14(2)24/h13,15-16H,3-12H2,1-2H3. The molecule has 2 saturated heterocycles. The third-order valence-electron chi connectivity index (χ3n) is 5.86. The molecule has 2 unspecified atom stereocenters. The lowest BCUT2D eigenvalue weighted by atomic mass is 10.0. The van der Waals surface area contributed by atoms with E-state index in [4.69, 9.17) is 4.42 Å². The highest BCUT2D eigenvalue weighted by atomic mass is 16.4. The van der Waals surface area contributed by atoms with Crippen LogP contribution in [0.5, 0.6) is 0 Å². The van der Waals surface area contributed by atoms with Gasteiger partial charge in [-0.2, -0.15) is 0 Å². The van der Waals surface area contributed by atoms with Crippen LogP contribution in [-0.2, 0) is 11.3 Å². The van der Waals surface area contributed by atoms with Gasteiger partial charge in [0.1, 0.15) is 0 Å². The van der Waals surface area contributed by atoms with Crippen molar-refractivity contribution in [2.75, 3.05) is 39.3 Å². The van der Waals surface area contributed by atoms with Crippen LogP contribution in [-0.4, -0.2) is 76.1 Å². The second kappa shape index (κ2) is 7.03. The lowest BCUT2D eigenvalue weighted by Crippen LogP contribution is -2.42. The minimum atomic E-state index is 0.200. The molecule has 1 saturated carbocycles. The van der Waals surface area contributed by atoms with Gasteiger partial charge in [-0.25, -0.2) is 0 Å². The lowest BCUT2D eigenvalue weighted by molar-refractivity contribution is -0.128. The van der Waals surface area contributed by atoms with Crippen molar-refractivity contribution in [1.29, 1.82) is 0 Å². The van der Waals surface area contributed by atoms with Gasteiger partial charge in [-0.1, -0.05) is 6.92 Å². The summed E-state index contributed by atoms with van der Waals surface area (Å²) in [7, 11) is 0. The molecule has 7 heteroatoms. The van der Waals surface area contributed by atoms with Gasteiger partial charge in [0.15, 0.2) is 0 Å². The van der Waals surface area contributed by atoms with Crippen molar-refractivity contribution < 1.29 is 9.21 Å². The highest BCUT2D eigenvalue weighted by Gasteiger charge is 2.36. The van der Waals surface area contributed by atoms with E-state index in [0.29, 0.717) is 17.9 Å². The summed E-state index contributed by atoms with van der Waals surface area (Å²) < 4.78 is 5.82. The van der Waals surface area contributed by atoms with Gasteiger partial charge < -0.3 is 9.32 Å². The van der Waals surface area contributed by atoms with Crippen molar-refractivity contribution in [2.24, 2.45) is 5.92 Å². The third-order valence-corrected chi connectivity index (χ3v) is 5.86. The van der Waals surface area contributed by atoms with Crippen LogP contribution in [0.15, 0.2) is 4.42 Å². The number of carbonyl (C=O) groups excluding carboxylic acids is 1. The molecule has 4 rings (SSSR count). The minimum Gasteiger partial charge on any atom is -0.424 e. The van der Waals surface area contributed by atoms with Crippen LogP contribution in [0.2, 0.25) is 0 Å². The summed E-state index contributed by atoms with van der Waals surface area (Å²) in [6.45, 7) is 10.7. The first-order valence-corrected chi connectivity index (χ1v) is 9.64. The second-order valence-corrected chi connectivity index (χ2v) is 7.94. The molecule has 138 valence electrons. The SMILES string of the molecule is CC(=O)N1CCCN(C2CN(Cc3nnc(C4CC4)o3)CC2C)CC1. The van der Waals surface area contributed by atoms with Gasteiger partial charge in [-0.3, -0.25) is 14.6 Å². The van der Waals surface area contributed by atoms with E-state index in [1.807, 2.05) is 4.90 Å². The maximum atomic E-state index is 11.6. The second-order valence-electron chi connectivity index (χ2n) is 7.94. The first-order chi connectivity index (χ1) is 12.1. The van der Waals surface area contributed by atoms with Crippen molar-refractivity contribution in [3.05, 3.63) is 11.8 Å². The first kappa shape index (κ1) is 17.0. The molecule has 3 aliphatic rings. The molecule has 3 fully saturated rings. The molecule has 1 amide bonds. The van der Waals surface area contributed by atoms with Crippen LogP contribution in [0.25, 0.3) is 0 Å². The van der Waals surface area contributed by atoms with Crippen LogP contribution in [0.1, 0.15) is 50.8 Å². The van der Waals surface area contributed by atoms with E-state index in [9.17, 15) is 4.79 Å². The molecule has 0 N–H and O–H groups in total. The number of hydrogen-bond acceptors (Lipinski definition) is 6. The molecule has 1 aromatic rings. The molecule has 0 radical (unpaired) electrons. The Morgan fingerprint density at radius 2 is 2.00 bits per heavy atom. The fraction of sp³-hybridized carbons (Fsp3) is 0.833. The van der Waals surface area contributed by atoms with Crippen LogP contribution in [0.3, 0.4) is 0 Å². The van der Waals surface area contributed by atoms with E-state index >= 15 is 0 Å². The van der Waals surface area contributed by atoms with E-state index in [2.05, 4.69) is 26.9 Å². The predicted octanol–water partition coefficient (Wildman–Crippen LogP) is 1.32. The average Bonchev–Trinajstić information content (AvgIpc) is 3.29. The van der Waals surface area contributed by atoms with E-state index in [-0.39, 0.29) is 5.91 Å². The quantitative estimate of drug-likeness (QED) is 0.818.